The zero-order chi connectivity index (χ0) is 13.1. The van der Waals surface area contributed by atoms with Crippen molar-refractivity contribution < 1.29 is 13.2 Å². The lowest BCUT2D eigenvalue weighted by molar-refractivity contribution is -0.137. The molecular weight excluding hydrogens is 225 g/mol. The van der Waals surface area contributed by atoms with Gasteiger partial charge in [0, 0.05) is 0 Å². The summed E-state index contributed by atoms with van der Waals surface area (Å²) in [6.07, 6.45) is -1.34. The van der Waals surface area contributed by atoms with Gasteiger partial charge < -0.3 is 0 Å². The summed E-state index contributed by atoms with van der Waals surface area (Å²) in [4.78, 5) is 0. The fourth-order valence-electron chi connectivity index (χ4n) is 1.72. The van der Waals surface area contributed by atoms with E-state index < -0.39 is 11.7 Å². The molecule has 3 heteroatoms. The zero-order valence-electron chi connectivity index (χ0n) is 10.3. The van der Waals surface area contributed by atoms with Crippen LogP contribution in [-0.4, -0.2) is 0 Å². The third kappa shape index (κ3) is 3.91. The van der Waals surface area contributed by atoms with Gasteiger partial charge in [0.2, 0.25) is 0 Å². The predicted molar refractivity (Wildman–Crippen MR) is 63.9 cm³/mol. The number of benzene rings is 1. The Bertz CT molecular complexity index is 385. The second-order valence-corrected chi connectivity index (χ2v) is 4.36. The molecule has 0 fully saturated rings. The van der Waals surface area contributed by atoms with E-state index in [1.807, 2.05) is 26.8 Å². The van der Waals surface area contributed by atoms with Crippen molar-refractivity contribution >= 4 is 0 Å². The molecule has 0 heterocycles. The van der Waals surface area contributed by atoms with E-state index in [0.29, 0.717) is 0 Å². The Labute approximate surface area is 100 Å². The van der Waals surface area contributed by atoms with Crippen molar-refractivity contribution in [2.75, 3.05) is 0 Å². The maximum Gasteiger partial charge on any atom is 0.416 e. The molecule has 0 amide bonds. The zero-order valence-corrected chi connectivity index (χ0v) is 10.3. The van der Waals surface area contributed by atoms with Crippen molar-refractivity contribution in [1.82, 2.24) is 0 Å². The van der Waals surface area contributed by atoms with Crippen LogP contribution in [0.3, 0.4) is 0 Å². The molecule has 0 nitrogen and oxygen atoms in total. The molecule has 0 saturated carbocycles. The Kier molecular flexibility index (Phi) is 4.38. The SMILES string of the molecule is C/C=C(/C)CC(C)c1ccc(C(F)(F)F)cc1. The van der Waals surface area contributed by atoms with Crippen molar-refractivity contribution in [2.45, 2.75) is 39.3 Å². The number of rotatable bonds is 3. The highest BCUT2D eigenvalue weighted by atomic mass is 19.4. The summed E-state index contributed by atoms with van der Waals surface area (Å²) in [6, 6.07) is 5.43. The van der Waals surface area contributed by atoms with Crippen molar-refractivity contribution in [3.05, 3.63) is 47.0 Å². The second-order valence-electron chi connectivity index (χ2n) is 4.36. The van der Waals surface area contributed by atoms with Crippen LogP contribution >= 0.6 is 0 Å². The number of hydrogen-bond donors (Lipinski definition) is 0. The highest BCUT2D eigenvalue weighted by Gasteiger charge is 2.30. The van der Waals surface area contributed by atoms with Gasteiger partial charge in [-0.3, -0.25) is 0 Å². The van der Waals surface area contributed by atoms with Gasteiger partial charge in [0.05, 0.1) is 5.56 Å². The molecule has 0 saturated heterocycles. The number of halogens is 3. The van der Waals surface area contributed by atoms with Crippen LogP contribution in [0.4, 0.5) is 13.2 Å². The van der Waals surface area contributed by atoms with Crippen LogP contribution in [0, 0.1) is 0 Å². The van der Waals surface area contributed by atoms with Crippen LogP contribution in [0.15, 0.2) is 35.9 Å². The largest absolute Gasteiger partial charge is 0.416 e. The highest BCUT2D eigenvalue weighted by Crippen LogP contribution is 2.31. The smallest absolute Gasteiger partial charge is 0.166 e. The standard InChI is InChI=1S/C14H17F3/c1-4-10(2)9-11(3)12-5-7-13(8-6-12)14(15,16)17/h4-8,11H,9H2,1-3H3/b10-4-. The molecule has 1 atom stereocenters. The van der Waals surface area contributed by atoms with Crippen LogP contribution < -0.4 is 0 Å². The maximum atomic E-state index is 12.4. The van der Waals surface area contributed by atoms with Gasteiger partial charge >= 0.3 is 6.18 Å². The first-order chi connectivity index (χ1) is 7.84. The lowest BCUT2D eigenvalue weighted by Gasteiger charge is -2.13. The summed E-state index contributed by atoms with van der Waals surface area (Å²) in [5, 5.41) is 0. The molecule has 0 N–H and O–H groups in total. The number of alkyl halides is 3. The summed E-state index contributed by atoms with van der Waals surface area (Å²) in [5.74, 6) is 0.244. The van der Waals surface area contributed by atoms with Crippen molar-refractivity contribution in [3.8, 4) is 0 Å². The van der Waals surface area contributed by atoms with Gasteiger partial charge in [-0.25, -0.2) is 0 Å². The van der Waals surface area contributed by atoms with Gasteiger partial charge in [0.1, 0.15) is 0 Å². The Balaban J connectivity index is 2.81. The molecule has 0 spiro atoms. The predicted octanol–water partition coefficient (Wildman–Crippen LogP) is 5.17. The maximum absolute atomic E-state index is 12.4. The van der Waals surface area contributed by atoms with Crippen molar-refractivity contribution in [1.29, 1.82) is 0 Å². The van der Waals surface area contributed by atoms with Crippen molar-refractivity contribution in [2.24, 2.45) is 0 Å². The first-order valence-electron chi connectivity index (χ1n) is 5.63. The minimum Gasteiger partial charge on any atom is -0.166 e. The van der Waals surface area contributed by atoms with Gasteiger partial charge in [0.25, 0.3) is 0 Å². The minimum absolute atomic E-state index is 0.244. The van der Waals surface area contributed by atoms with Gasteiger partial charge in [-0.15, -0.1) is 0 Å². The Morgan fingerprint density at radius 2 is 1.76 bits per heavy atom. The molecule has 0 aliphatic rings. The number of allylic oxidation sites excluding steroid dienone is 2. The Morgan fingerprint density at radius 3 is 2.18 bits per heavy atom. The fourth-order valence-corrected chi connectivity index (χ4v) is 1.72. The Morgan fingerprint density at radius 1 is 1.24 bits per heavy atom. The lowest BCUT2D eigenvalue weighted by Crippen LogP contribution is -2.05. The van der Waals surface area contributed by atoms with Gasteiger partial charge in [0.15, 0.2) is 0 Å². The molecule has 0 aliphatic heterocycles. The van der Waals surface area contributed by atoms with Gasteiger partial charge in [-0.2, -0.15) is 13.2 Å². The Hall–Kier alpha value is -1.25. The molecule has 17 heavy (non-hydrogen) atoms. The van der Waals surface area contributed by atoms with E-state index >= 15 is 0 Å². The van der Waals surface area contributed by atoms with Crippen LogP contribution in [0.25, 0.3) is 0 Å². The van der Waals surface area contributed by atoms with Crippen LogP contribution in [0.1, 0.15) is 44.2 Å². The lowest BCUT2D eigenvalue weighted by atomic mass is 9.93. The van der Waals surface area contributed by atoms with E-state index in [9.17, 15) is 13.2 Å². The van der Waals surface area contributed by atoms with Crippen LogP contribution in [-0.2, 0) is 6.18 Å². The van der Waals surface area contributed by atoms with E-state index in [1.54, 1.807) is 12.1 Å². The molecule has 0 aromatic heterocycles. The average Bonchev–Trinajstić information content (AvgIpc) is 2.27. The van der Waals surface area contributed by atoms with Crippen molar-refractivity contribution in [3.63, 3.8) is 0 Å². The summed E-state index contributed by atoms with van der Waals surface area (Å²) in [6.45, 7) is 6.02. The molecular formula is C14H17F3. The van der Waals surface area contributed by atoms with Gasteiger partial charge in [-0.05, 0) is 43.9 Å². The number of hydrogen-bond acceptors (Lipinski definition) is 0. The summed E-state index contributed by atoms with van der Waals surface area (Å²) < 4.78 is 37.1. The average molecular weight is 242 g/mol. The molecule has 94 valence electrons. The third-order valence-electron chi connectivity index (χ3n) is 2.93. The van der Waals surface area contributed by atoms with E-state index in [1.165, 1.54) is 5.57 Å². The molecule has 1 aromatic rings. The molecule has 1 unspecified atom stereocenters. The first-order valence-corrected chi connectivity index (χ1v) is 5.63. The molecule has 0 bridgehead atoms. The topological polar surface area (TPSA) is 0 Å². The highest BCUT2D eigenvalue weighted by molar-refractivity contribution is 5.27. The second kappa shape index (κ2) is 5.39. The summed E-state index contributed by atoms with van der Waals surface area (Å²) >= 11 is 0. The molecule has 1 rings (SSSR count). The summed E-state index contributed by atoms with van der Waals surface area (Å²) in [7, 11) is 0. The van der Waals surface area contributed by atoms with E-state index in [4.69, 9.17) is 0 Å². The fraction of sp³-hybridized carbons (Fsp3) is 0.429. The molecule has 1 aromatic carbocycles. The van der Waals surface area contributed by atoms with Gasteiger partial charge in [-0.1, -0.05) is 30.7 Å². The van der Waals surface area contributed by atoms with Crippen LogP contribution in [0.2, 0.25) is 0 Å². The van der Waals surface area contributed by atoms with E-state index in [2.05, 4.69) is 0 Å². The van der Waals surface area contributed by atoms with Crippen LogP contribution in [0.5, 0.6) is 0 Å². The molecule has 0 aliphatic carbocycles. The normalized spacial score (nSPS) is 14.8. The van der Waals surface area contributed by atoms with E-state index in [-0.39, 0.29) is 5.92 Å². The summed E-state index contributed by atoms with van der Waals surface area (Å²) in [5.41, 5.74) is 1.60. The third-order valence-corrected chi connectivity index (χ3v) is 2.93. The monoisotopic (exact) mass is 242 g/mol. The van der Waals surface area contributed by atoms with E-state index in [0.717, 1.165) is 24.1 Å². The quantitative estimate of drug-likeness (QED) is 0.642. The first kappa shape index (κ1) is 13.8. The molecule has 0 radical (unpaired) electrons. The minimum atomic E-state index is -4.25.